The molecule has 2 nitrogen and oxygen atoms in total. The van der Waals surface area contributed by atoms with E-state index in [0.717, 1.165) is 33.2 Å². The smallest absolute Gasteiger partial charge is 0.125 e. The normalized spacial score (nSPS) is 11.0. The highest BCUT2D eigenvalue weighted by molar-refractivity contribution is 6.08. The van der Waals surface area contributed by atoms with Gasteiger partial charge in [-0.3, -0.25) is 0 Å². The molecule has 106 valence electrons. The summed E-state index contributed by atoms with van der Waals surface area (Å²) >= 11 is 0. The largest absolute Gasteiger partial charge is 0.354 e. The second-order valence-corrected chi connectivity index (χ2v) is 5.16. The second kappa shape index (κ2) is 5.11. The molecule has 0 aliphatic carbocycles. The minimum absolute atomic E-state index is 0.257. The third kappa shape index (κ3) is 2.17. The Morgan fingerprint density at radius 1 is 0.727 bits per heavy atom. The molecule has 3 heteroatoms. The van der Waals surface area contributed by atoms with Crippen molar-refractivity contribution in [1.29, 1.82) is 0 Å². The van der Waals surface area contributed by atoms with Crippen LogP contribution in [0.2, 0.25) is 0 Å². The van der Waals surface area contributed by atoms with Crippen molar-refractivity contribution < 1.29 is 4.39 Å². The van der Waals surface area contributed by atoms with Crippen LogP contribution >= 0.6 is 0 Å². The maximum absolute atomic E-state index is 13.4. The number of nitrogens with zero attached hydrogens (tertiary/aromatic N) is 1. The number of nitrogens with one attached hydrogen (secondary N) is 1. The summed E-state index contributed by atoms with van der Waals surface area (Å²) in [6.45, 7) is 0. The SMILES string of the molecule is Fc1cccc(Nc2c3ccccc3nc3ccccc23)c1. The fraction of sp³-hybridized carbons (Fsp3) is 0. The van der Waals surface area contributed by atoms with E-state index < -0.39 is 0 Å². The number of anilines is 2. The van der Waals surface area contributed by atoms with Crippen molar-refractivity contribution >= 4 is 33.2 Å². The quantitative estimate of drug-likeness (QED) is 0.508. The average molecular weight is 288 g/mol. The van der Waals surface area contributed by atoms with E-state index in [2.05, 4.69) is 10.3 Å². The first-order chi connectivity index (χ1) is 10.8. The number of aromatic nitrogens is 1. The van der Waals surface area contributed by atoms with Gasteiger partial charge >= 0.3 is 0 Å². The lowest BCUT2D eigenvalue weighted by Crippen LogP contribution is -1.95. The summed E-state index contributed by atoms with van der Waals surface area (Å²) in [6.07, 6.45) is 0. The molecule has 22 heavy (non-hydrogen) atoms. The van der Waals surface area contributed by atoms with Crippen LogP contribution in [0, 0.1) is 5.82 Å². The summed E-state index contributed by atoms with van der Waals surface area (Å²) < 4.78 is 13.4. The van der Waals surface area contributed by atoms with Crippen LogP contribution in [0.15, 0.2) is 72.8 Å². The third-order valence-corrected chi connectivity index (χ3v) is 3.68. The first-order valence-electron chi connectivity index (χ1n) is 7.11. The number of para-hydroxylation sites is 2. The van der Waals surface area contributed by atoms with Crippen LogP contribution < -0.4 is 5.32 Å². The number of hydrogen-bond acceptors (Lipinski definition) is 2. The number of fused-ring (bicyclic) bond motifs is 2. The van der Waals surface area contributed by atoms with Gasteiger partial charge in [-0.05, 0) is 30.3 Å². The lowest BCUT2D eigenvalue weighted by atomic mass is 10.1. The molecule has 0 aliphatic rings. The Balaban J connectivity index is 2.00. The van der Waals surface area contributed by atoms with Crippen LogP contribution in [-0.4, -0.2) is 4.98 Å². The lowest BCUT2D eigenvalue weighted by molar-refractivity contribution is 0.628. The van der Waals surface area contributed by atoms with Gasteiger partial charge in [0.1, 0.15) is 5.82 Å². The minimum Gasteiger partial charge on any atom is -0.354 e. The fourth-order valence-corrected chi connectivity index (χ4v) is 2.69. The van der Waals surface area contributed by atoms with Gasteiger partial charge in [0.2, 0.25) is 0 Å². The van der Waals surface area contributed by atoms with Gasteiger partial charge in [-0.15, -0.1) is 0 Å². The molecule has 1 N–H and O–H groups in total. The molecular formula is C19H13FN2. The highest BCUT2D eigenvalue weighted by Crippen LogP contribution is 2.32. The van der Waals surface area contributed by atoms with Gasteiger partial charge in [-0.25, -0.2) is 9.37 Å². The van der Waals surface area contributed by atoms with Gasteiger partial charge in [0, 0.05) is 16.5 Å². The summed E-state index contributed by atoms with van der Waals surface area (Å²) in [6, 6.07) is 22.4. The molecule has 0 spiro atoms. The summed E-state index contributed by atoms with van der Waals surface area (Å²) in [5.41, 5.74) is 3.51. The van der Waals surface area contributed by atoms with Crippen molar-refractivity contribution in [2.24, 2.45) is 0 Å². The standard InChI is InChI=1S/C19H13FN2/c20-13-6-5-7-14(12-13)21-19-15-8-1-3-10-17(15)22-18-11-4-2-9-16(18)19/h1-12H,(H,21,22). The number of rotatable bonds is 2. The van der Waals surface area contributed by atoms with Crippen LogP contribution in [0.3, 0.4) is 0 Å². The van der Waals surface area contributed by atoms with Crippen molar-refractivity contribution in [3.8, 4) is 0 Å². The van der Waals surface area contributed by atoms with Gasteiger partial charge in [0.15, 0.2) is 0 Å². The number of halogens is 1. The first-order valence-corrected chi connectivity index (χ1v) is 7.11. The van der Waals surface area contributed by atoms with Gasteiger partial charge in [0.25, 0.3) is 0 Å². The molecule has 0 amide bonds. The Labute approximate surface area is 127 Å². The highest BCUT2D eigenvalue weighted by Gasteiger charge is 2.09. The van der Waals surface area contributed by atoms with Crippen molar-refractivity contribution in [3.05, 3.63) is 78.6 Å². The monoisotopic (exact) mass is 288 g/mol. The van der Waals surface area contributed by atoms with E-state index in [1.54, 1.807) is 6.07 Å². The van der Waals surface area contributed by atoms with Crippen LogP contribution in [0.5, 0.6) is 0 Å². The molecule has 0 atom stereocenters. The average Bonchev–Trinajstić information content (AvgIpc) is 2.55. The lowest BCUT2D eigenvalue weighted by Gasteiger charge is -2.13. The topological polar surface area (TPSA) is 24.9 Å². The van der Waals surface area contributed by atoms with E-state index in [1.807, 2.05) is 54.6 Å². The van der Waals surface area contributed by atoms with Crippen LogP contribution in [-0.2, 0) is 0 Å². The second-order valence-electron chi connectivity index (χ2n) is 5.16. The van der Waals surface area contributed by atoms with E-state index in [1.165, 1.54) is 12.1 Å². The van der Waals surface area contributed by atoms with Crippen molar-refractivity contribution in [1.82, 2.24) is 4.98 Å². The molecule has 0 unspecified atom stereocenters. The third-order valence-electron chi connectivity index (χ3n) is 3.68. The zero-order valence-corrected chi connectivity index (χ0v) is 11.8. The maximum atomic E-state index is 13.4. The van der Waals surface area contributed by atoms with Crippen LogP contribution in [0.1, 0.15) is 0 Å². The van der Waals surface area contributed by atoms with Gasteiger partial charge < -0.3 is 5.32 Å². The predicted molar refractivity (Wildman–Crippen MR) is 88.9 cm³/mol. The van der Waals surface area contributed by atoms with E-state index in [4.69, 9.17) is 0 Å². The van der Waals surface area contributed by atoms with E-state index >= 15 is 0 Å². The molecule has 1 heterocycles. The zero-order chi connectivity index (χ0) is 14.9. The van der Waals surface area contributed by atoms with E-state index in [-0.39, 0.29) is 5.82 Å². The summed E-state index contributed by atoms with van der Waals surface area (Å²) in [7, 11) is 0. The Kier molecular flexibility index (Phi) is 2.97. The Morgan fingerprint density at radius 2 is 1.36 bits per heavy atom. The molecule has 0 aliphatic heterocycles. The summed E-state index contributed by atoms with van der Waals surface area (Å²) in [5, 5.41) is 5.39. The van der Waals surface area contributed by atoms with Gasteiger partial charge in [0.05, 0.1) is 16.7 Å². The maximum Gasteiger partial charge on any atom is 0.125 e. The molecule has 3 aromatic carbocycles. The Morgan fingerprint density at radius 3 is 2.00 bits per heavy atom. The molecule has 0 saturated heterocycles. The molecule has 0 fully saturated rings. The molecule has 0 saturated carbocycles. The van der Waals surface area contributed by atoms with Gasteiger partial charge in [-0.1, -0.05) is 42.5 Å². The molecule has 4 rings (SSSR count). The number of benzene rings is 3. The fourth-order valence-electron chi connectivity index (χ4n) is 2.69. The van der Waals surface area contributed by atoms with Crippen LogP contribution in [0.4, 0.5) is 15.8 Å². The number of hydrogen-bond donors (Lipinski definition) is 1. The Bertz CT molecular complexity index is 925. The van der Waals surface area contributed by atoms with E-state index in [9.17, 15) is 4.39 Å². The number of pyridine rings is 1. The molecule has 4 aromatic rings. The van der Waals surface area contributed by atoms with Crippen molar-refractivity contribution in [3.63, 3.8) is 0 Å². The summed E-state index contributed by atoms with van der Waals surface area (Å²) in [4.78, 5) is 4.68. The van der Waals surface area contributed by atoms with E-state index in [0.29, 0.717) is 0 Å². The zero-order valence-electron chi connectivity index (χ0n) is 11.8. The minimum atomic E-state index is -0.257. The summed E-state index contributed by atoms with van der Waals surface area (Å²) in [5.74, 6) is -0.257. The highest BCUT2D eigenvalue weighted by atomic mass is 19.1. The molecular weight excluding hydrogens is 275 g/mol. The van der Waals surface area contributed by atoms with Gasteiger partial charge in [-0.2, -0.15) is 0 Å². The van der Waals surface area contributed by atoms with Crippen molar-refractivity contribution in [2.75, 3.05) is 5.32 Å². The molecule has 1 aromatic heterocycles. The van der Waals surface area contributed by atoms with Crippen LogP contribution in [0.25, 0.3) is 21.8 Å². The first kappa shape index (κ1) is 12.8. The molecule has 0 bridgehead atoms. The predicted octanol–water partition coefficient (Wildman–Crippen LogP) is 5.27. The van der Waals surface area contributed by atoms with Crippen molar-refractivity contribution in [2.45, 2.75) is 0 Å². The molecule has 0 radical (unpaired) electrons. The Hall–Kier alpha value is -2.94.